The van der Waals surface area contributed by atoms with Crippen LogP contribution in [-0.2, 0) is 24.1 Å². The van der Waals surface area contributed by atoms with Gasteiger partial charge in [-0.3, -0.25) is 10.1 Å². The summed E-state index contributed by atoms with van der Waals surface area (Å²) in [7, 11) is 1.34. The Morgan fingerprint density at radius 1 is 1.05 bits per heavy atom. The summed E-state index contributed by atoms with van der Waals surface area (Å²) < 4.78 is 25.9. The number of ether oxygens (including phenoxy) is 2. The second kappa shape index (κ2) is 12.5. The maximum atomic E-state index is 14.1. The van der Waals surface area contributed by atoms with Crippen molar-refractivity contribution in [3.63, 3.8) is 0 Å². The molecule has 1 aliphatic rings. The van der Waals surface area contributed by atoms with E-state index < -0.39 is 11.8 Å². The Hall–Kier alpha value is -4.35. The van der Waals surface area contributed by atoms with E-state index in [2.05, 4.69) is 20.2 Å². The maximum Gasteiger partial charge on any atom is 0.357 e. The number of nitrogens with one attached hydrogen (secondary N) is 1. The van der Waals surface area contributed by atoms with E-state index in [-0.39, 0.29) is 17.4 Å². The normalized spacial score (nSPS) is 12.7. The van der Waals surface area contributed by atoms with Crippen molar-refractivity contribution in [3.8, 4) is 5.75 Å². The van der Waals surface area contributed by atoms with Crippen molar-refractivity contribution >= 4 is 55.0 Å². The summed E-state index contributed by atoms with van der Waals surface area (Å²) >= 11 is 2.87. The summed E-state index contributed by atoms with van der Waals surface area (Å²) in [6, 6.07) is 18.4. The minimum Gasteiger partial charge on any atom is -0.490 e. The number of hydrogen-bond acceptors (Lipinski definition) is 9. The zero-order valence-corrected chi connectivity index (χ0v) is 25.3. The molecule has 43 heavy (non-hydrogen) atoms. The third-order valence-electron chi connectivity index (χ3n) is 7.33. The predicted molar refractivity (Wildman–Crippen MR) is 167 cm³/mol. The molecule has 0 bridgehead atoms. The molecule has 0 saturated carbocycles. The van der Waals surface area contributed by atoms with E-state index in [9.17, 15) is 14.0 Å². The number of para-hydroxylation sites is 2. The van der Waals surface area contributed by atoms with Gasteiger partial charge in [0, 0.05) is 23.5 Å². The number of carbonyl (C=O) groups excluding carboxylic acids is 2. The zero-order valence-electron chi connectivity index (χ0n) is 23.7. The van der Waals surface area contributed by atoms with Crippen LogP contribution in [0.2, 0.25) is 0 Å². The summed E-state index contributed by atoms with van der Waals surface area (Å²) in [5.74, 6) is -0.862. The Kier molecular flexibility index (Phi) is 8.35. The molecule has 3 heterocycles. The van der Waals surface area contributed by atoms with Crippen molar-refractivity contribution in [1.82, 2.24) is 9.97 Å². The van der Waals surface area contributed by atoms with E-state index in [1.54, 1.807) is 19.1 Å². The number of esters is 1. The molecule has 0 aliphatic carbocycles. The molecule has 0 saturated heterocycles. The summed E-state index contributed by atoms with van der Waals surface area (Å²) in [4.78, 5) is 38.1. The SMILES string of the molecule is COC(=O)c1nc(N2CCc3cccc(C(=O)Nc4nc5ccccc5s4)c3C2)sc1CCCOc1c(C)cccc1F. The largest absolute Gasteiger partial charge is 0.490 e. The highest BCUT2D eigenvalue weighted by molar-refractivity contribution is 7.22. The molecule has 0 spiro atoms. The van der Waals surface area contributed by atoms with E-state index in [1.165, 1.54) is 35.8 Å². The monoisotopic (exact) mass is 616 g/mol. The Morgan fingerprint density at radius 3 is 2.70 bits per heavy atom. The van der Waals surface area contributed by atoms with Gasteiger partial charge in [0.15, 0.2) is 27.5 Å². The molecule has 8 nitrogen and oxygen atoms in total. The lowest BCUT2D eigenvalue weighted by Crippen LogP contribution is -2.32. The first kappa shape index (κ1) is 28.8. The number of carbonyl (C=O) groups is 2. The molecule has 0 unspecified atom stereocenters. The van der Waals surface area contributed by atoms with Gasteiger partial charge in [0.05, 0.1) is 23.9 Å². The smallest absolute Gasteiger partial charge is 0.357 e. The molecule has 1 N–H and O–H groups in total. The summed E-state index contributed by atoms with van der Waals surface area (Å²) in [6.45, 7) is 3.26. The molecule has 1 aliphatic heterocycles. The van der Waals surface area contributed by atoms with Gasteiger partial charge in [0.1, 0.15) is 0 Å². The molecule has 5 aromatic rings. The van der Waals surface area contributed by atoms with Crippen LogP contribution in [0, 0.1) is 12.7 Å². The van der Waals surface area contributed by atoms with E-state index in [4.69, 9.17) is 9.47 Å². The molecule has 0 fully saturated rings. The number of benzene rings is 3. The number of aromatic nitrogens is 2. The molecule has 220 valence electrons. The van der Waals surface area contributed by atoms with Gasteiger partial charge in [-0.15, -0.1) is 11.3 Å². The molecule has 0 atom stereocenters. The highest BCUT2D eigenvalue weighted by atomic mass is 32.1. The van der Waals surface area contributed by atoms with Crippen LogP contribution in [0.4, 0.5) is 14.7 Å². The van der Waals surface area contributed by atoms with Crippen LogP contribution < -0.4 is 15.0 Å². The van der Waals surface area contributed by atoms with Gasteiger partial charge in [0.2, 0.25) is 0 Å². The average Bonchev–Trinajstić information content (AvgIpc) is 3.63. The molecule has 1 amide bonds. The van der Waals surface area contributed by atoms with Gasteiger partial charge in [-0.1, -0.05) is 47.7 Å². The molecular formula is C32H29FN4O4S2. The van der Waals surface area contributed by atoms with Gasteiger partial charge in [-0.2, -0.15) is 0 Å². The van der Waals surface area contributed by atoms with Crippen LogP contribution in [0.1, 0.15) is 48.8 Å². The summed E-state index contributed by atoms with van der Waals surface area (Å²) in [6.07, 6.45) is 1.82. The first-order valence-electron chi connectivity index (χ1n) is 13.9. The molecule has 0 radical (unpaired) electrons. The molecule has 11 heteroatoms. The van der Waals surface area contributed by atoms with Crippen LogP contribution in [0.15, 0.2) is 60.7 Å². The Bertz CT molecular complexity index is 1770. The van der Waals surface area contributed by atoms with E-state index >= 15 is 0 Å². The number of aryl methyl sites for hydroxylation is 2. The predicted octanol–water partition coefficient (Wildman–Crippen LogP) is 6.81. The maximum absolute atomic E-state index is 14.1. The lowest BCUT2D eigenvalue weighted by molar-refractivity contribution is 0.0593. The van der Waals surface area contributed by atoms with Crippen molar-refractivity contribution in [3.05, 3.63) is 99.3 Å². The standard InChI is InChI=1S/C32H29FN4O4S2/c1-19-8-5-11-23(33)28(19)41-17-7-14-26-27(30(39)40-2)35-32(43-26)37-16-15-20-9-6-10-21(22(20)18-37)29(38)36-31-34-24-12-3-4-13-25(24)42-31/h3-6,8-13H,7,14-18H2,1-2H3,(H,34,36,38). The number of anilines is 2. The van der Waals surface area contributed by atoms with E-state index in [0.29, 0.717) is 48.4 Å². The van der Waals surface area contributed by atoms with Crippen LogP contribution in [0.5, 0.6) is 5.75 Å². The average molecular weight is 617 g/mol. The van der Waals surface area contributed by atoms with Crippen molar-refractivity contribution in [1.29, 1.82) is 0 Å². The number of methoxy groups -OCH3 is 1. The number of halogens is 1. The number of fused-ring (bicyclic) bond motifs is 2. The quantitative estimate of drug-likeness (QED) is 0.144. The van der Waals surface area contributed by atoms with Gasteiger partial charge >= 0.3 is 5.97 Å². The minimum atomic E-state index is -0.503. The zero-order chi connectivity index (χ0) is 29.9. The first-order valence-corrected chi connectivity index (χ1v) is 15.5. The fourth-order valence-corrected chi connectivity index (χ4v) is 7.13. The lowest BCUT2D eigenvalue weighted by Gasteiger charge is -2.29. The summed E-state index contributed by atoms with van der Waals surface area (Å²) in [5.41, 5.74) is 4.48. The molecular weight excluding hydrogens is 588 g/mol. The van der Waals surface area contributed by atoms with Crippen LogP contribution >= 0.6 is 22.7 Å². The Balaban J connectivity index is 1.18. The third-order valence-corrected chi connectivity index (χ3v) is 9.45. The fourth-order valence-electron chi connectivity index (χ4n) is 5.15. The van der Waals surface area contributed by atoms with Gasteiger partial charge in [-0.25, -0.2) is 19.2 Å². The fraction of sp³-hybridized carbons (Fsp3) is 0.250. The molecule has 2 aromatic heterocycles. The summed E-state index contributed by atoms with van der Waals surface area (Å²) in [5, 5.41) is 4.22. The topological polar surface area (TPSA) is 93.7 Å². The number of amides is 1. The molecule has 3 aromatic carbocycles. The number of thiazole rings is 2. The molecule has 6 rings (SSSR count). The van der Waals surface area contributed by atoms with E-state index in [1.807, 2.05) is 42.5 Å². The Morgan fingerprint density at radius 2 is 1.88 bits per heavy atom. The highest BCUT2D eigenvalue weighted by Gasteiger charge is 2.27. The highest BCUT2D eigenvalue weighted by Crippen LogP contribution is 2.34. The second-order valence-corrected chi connectivity index (χ2v) is 12.2. The van der Waals surface area contributed by atoms with Crippen molar-refractivity contribution < 1.29 is 23.5 Å². The Labute approximate surface area is 256 Å². The van der Waals surface area contributed by atoms with Crippen LogP contribution in [-0.4, -0.2) is 42.1 Å². The van der Waals surface area contributed by atoms with Crippen LogP contribution in [0.25, 0.3) is 10.2 Å². The van der Waals surface area contributed by atoms with Crippen LogP contribution in [0.3, 0.4) is 0 Å². The minimum absolute atomic E-state index is 0.210. The van der Waals surface area contributed by atoms with Crippen molar-refractivity contribution in [2.75, 3.05) is 30.5 Å². The second-order valence-electron chi connectivity index (χ2n) is 10.2. The van der Waals surface area contributed by atoms with Gasteiger partial charge in [-0.05, 0) is 67.1 Å². The van der Waals surface area contributed by atoms with Gasteiger partial charge in [0.25, 0.3) is 5.91 Å². The van der Waals surface area contributed by atoms with Crippen molar-refractivity contribution in [2.45, 2.75) is 32.7 Å². The number of rotatable bonds is 9. The number of nitrogens with zero attached hydrogens (tertiary/aromatic N) is 3. The van der Waals surface area contributed by atoms with E-state index in [0.717, 1.165) is 38.2 Å². The third kappa shape index (κ3) is 6.09. The van der Waals surface area contributed by atoms with Gasteiger partial charge < -0.3 is 14.4 Å². The number of hydrogen-bond donors (Lipinski definition) is 1. The lowest BCUT2D eigenvalue weighted by atomic mass is 9.94. The van der Waals surface area contributed by atoms with Crippen molar-refractivity contribution in [2.24, 2.45) is 0 Å². The first-order chi connectivity index (χ1) is 20.9.